The summed E-state index contributed by atoms with van der Waals surface area (Å²) >= 11 is 0. The number of rotatable bonds is 7. The van der Waals surface area contributed by atoms with Gasteiger partial charge in [0.15, 0.2) is 0 Å². The molecule has 164 valence electrons. The van der Waals surface area contributed by atoms with E-state index in [4.69, 9.17) is 14.0 Å². The van der Waals surface area contributed by atoms with Crippen LogP contribution in [0.5, 0.6) is 0 Å². The highest BCUT2D eigenvalue weighted by Gasteiger charge is 2.67. The lowest BCUT2D eigenvalue weighted by Crippen LogP contribution is -2.65. The van der Waals surface area contributed by atoms with Crippen LogP contribution in [-0.2, 0) is 18.8 Å². The number of esters is 1. The van der Waals surface area contributed by atoms with E-state index in [-0.39, 0.29) is 24.8 Å². The zero-order valence-corrected chi connectivity index (χ0v) is 19.3. The molecule has 5 rings (SSSR count). The SMILES string of the molecule is CCN[C@]1(C(=O)OC)CC[C@@H](C)[C@H]1CCCB1O[C@@H]2C[C@@H]3C[C@@H](C3(C)C)[C@]2(C)O1. The molecule has 29 heavy (non-hydrogen) atoms. The van der Waals surface area contributed by atoms with Crippen molar-refractivity contribution in [3.63, 3.8) is 0 Å². The minimum atomic E-state index is -0.522. The number of hydrogen-bond donors (Lipinski definition) is 1. The molecule has 2 bridgehead atoms. The predicted octanol–water partition coefficient (Wildman–Crippen LogP) is 4.06. The van der Waals surface area contributed by atoms with Crippen LogP contribution in [0, 0.1) is 29.1 Å². The van der Waals surface area contributed by atoms with E-state index < -0.39 is 5.54 Å². The van der Waals surface area contributed by atoms with Gasteiger partial charge in [0.1, 0.15) is 5.54 Å². The highest BCUT2D eigenvalue weighted by molar-refractivity contribution is 6.45. The Morgan fingerprint density at radius 3 is 2.69 bits per heavy atom. The van der Waals surface area contributed by atoms with E-state index in [0.717, 1.165) is 50.9 Å². The summed E-state index contributed by atoms with van der Waals surface area (Å²) in [4.78, 5) is 12.7. The first kappa shape index (κ1) is 21.6. The quantitative estimate of drug-likeness (QED) is 0.511. The monoisotopic (exact) mass is 405 g/mol. The summed E-state index contributed by atoms with van der Waals surface area (Å²) in [7, 11) is 1.42. The number of carbonyl (C=O) groups is 1. The molecule has 0 aromatic heterocycles. The average molecular weight is 405 g/mol. The highest BCUT2D eigenvalue weighted by atomic mass is 16.7. The lowest BCUT2D eigenvalue weighted by molar-refractivity contribution is -0.199. The number of hydrogen-bond acceptors (Lipinski definition) is 5. The van der Waals surface area contributed by atoms with Crippen LogP contribution in [0.1, 0.15) is 73.1 Å². The van der Waals surface area contributed by atoms with Gasteiger partial charge >= 0.3 is 13.1 Å². The second kappa shape index (κ2) is 7.53. The number of methoxy groups -OCH3 is 1. The molecular formula is C23H40BNO4. The number of ether oxygens (including phenoxy) is 1. The summed E-state index contributed by atoms with van der Waals surface area (Å²) in [5, 5.41) is 3.50. The van der Waals surface area contributed by atoms with Crippen LogP contribution in [0.4, 0.5) is 0 Å². The van der Waals surface area contributed by atoms with Crippen molar-refractivity contribution in [1.29, 1.82) is 0 Å². The summed E-state index contributed by atoms with van der Waals surface area (Å²) in [6.07, 6.45) is 7.56. The number of nitrogens with one attached hydrogen (secondary N) is 1. The van der Waals surface area contributed by atoms with Crippen LogP contribution >= 0.6 is 0 Å². The van der Waals surface area contributed by atoms with Crippen molar-refractivity contribution < 1.29 is 18.8 Å². The lowest BCUT2D eigenvalue weighted by Gasteiger charge is -2.64. The summed E-state index contributed by atoms with van der Waals surface area (Å²) in [5.74, 6) is 2.13. The molecule has 0 amide bonds. The maximum atomic E-state index is 12.7. The third-order valence-corrected chi connectivity index (χ3v) is 9.31. The summed E-state index contributed by atoms with van der Waals surface area (Å²) in [6.45, 7) is 12.2. The first-order valence-electron chi connectivity index (χ1n) is 11.9. The molecule has 6 heteroatoms. The van der Waals surface area contributed by atoms with E-state index >= 15 is 0 Å². The van der Waals surface area contributed by atoms with Crippen LogP contribution in [0.2, 0.25) is 6.32 Å². The molecule has 0 aromatic carbocycles. The Bertz CT molecular complexity index is 638. The van der Waals surface area contributed by atoms with E-state index in [0.29, 0.717) is 23.2 Å². The fourth-order valence-electron chi connectivity index (χ4n) is 7.48. The molecule has 7 atom stereocenters. The van der Waals surface area contributed by atoms with Crippen LogP contribution in [0.25, 0.3) is 0 Å². The Hall–Kier alpha value is -0.585. The van der Waals surface area contributed by atoms with Crippen LogP contribution in [0.15, 0.2) is 0 Å². The molecule has 1 N–H and O–H groups in total. The van der Waals surface area contributed by atoms with E-state index in [9.17, 15) is 4.79 Å². The molecule has 1 saturated heterocycles. The highest BCUT2D eigenvalue weighted by Crippen LogP contribution is 2.65. The van der Waals surface area contributed by atoms with Crippen molar-refractivity contribution in [1.82, 2.24) is 5.32 Å². The molecule has 0 aromatic rings. The molecule has 5 nitrogen and oxygen atoms in total. The van der Waals surface area contributed by atoms with Crippen molar-refractivity contribution in [3.8, 4) is 0 Å². The van der Waals surface area contributed by atoms with Crippen LogP contribution in [-0.4, -0.2) is 44.0 Å². The third kappa shape index (κ3) is 3.20. The minimum absolute atomic E-state index is 0.0940. The van der Waals surface area contributed by atoms with E-state index in [1.807, 2.05) is 0 Å². The third-order valence-electron chi connectivity index (χ3n) is 9.31. The molecule has 0 radical (unpaired) electrons. The molecule has 1 heterocycles. The standard InChI is InChI=1S/C23H40BNO4/c1-7-25-23(20(26)27-6)11-10-15(2)17(23)9-8-12-24-28-19-14-16-13-18(21(16,3)4)22(19,5)29-24/h15-19,25H,7-14H2,1-6H3/t15-,16+,17-,18+,19-,22+,23-/m1/s1. The van der Waals surface area contributed by atoms with Crippen molar-refractivity contribution in [3.05, 3.63) is 0 Å². The second-order valence-electron chi connectivity index (χ2n) is 10.9. The molecular weight excluding hydrogens is 365 g/mol. The van der Waals surface area contributed by atoms with Gasteiger partial charge in [-0.2, -0.15) is 0 Å². The van der Waals surface area contributed by atoms with Gasteiger partial charge in [-0.25, -0.2) is 0 Å². The summed E-state index contributed by atoms with van der Waals surface area (Å²) < 4.78 is 18.2. The van der Waals surface area contributed by atoms with Crippen molar-refractivity contribution in [2.75, 3.05) is 13.7 Å². The molecule has 0 spiro atoms. The Kier molecular flexibility index (Phi) is 5.62. The van der Waals surface area contributed by atoms with Gasteiger partial charge in [-0.1, -0.05) is 34.1 Å². The van der Waals surface area contributed by atoms with Crippen molar-refractivity contribution in [2.45, 2.75) is 96.7 Å². The number of carbonyl (C=O) groups excluding carboxylic acids is 1. The maximum absolute atomic E-state index is 12.7. The Labute approximate surface area is 177 Å². The predicted molar refractivity (Wildman–Crippen MR) is 114 cm³/mol. The smallest absolute Gasteiger partial charge is 0.457 e. The first-order valence-corrected chi connectivity index (χ1v) is 11.9. The van der Waals surface area contributed by atoms with Crippen molar-refractivity contribution in [2.24, 2.45) is 29.1 Å². The fraction of sp³-hybridized carbons (Fsp3) is 0.957. The molecule has 0 unspecified atom stereocenters. The molecule has 5 fully saturated rings. The molecule has 5 aliphatic rings. The van der Waals surface area contributed by atoms with Gasteiger partial charge in [0.05, 0.1) is 18.8 Å². The minimum Gasteiger partial charge on any atom is -0.468 e. The Morgan fingerprint density at radius 1 is 1.28 bits per heavy atom. The van der Waals surface area contributed by atoms with E-state index in [2.05, 4.69) is 39.9 Å². The van der Waals surface area contributed by atoms with Gasteiger partial charge in [0.25, 0.3) is 0 Å². The maximum Gasteiger partial charge on any atom is 0.457 e. The molecule has 1 aliphatic heterocycles. The summed E-state index contributed by atoms with van der Waals surface area (Å²) in [5.41, 5.74) is -0.261. The first-order chi connectivity index (χ1) is 13.7. The van der Waals surface area contributed by atoms with Gasteiger partial charge in [-0.3, -0.25) is 4.79 Å². The summed E-state index contributed by atoms with van der Waals surface area (Å²) in [6, 6.07) is 0. The Morgan fingerprint density at radius 2 is 2.03 bits per heavy atom. The van der Waals surface area contributed by atoms with E-state index in [1.54, 1.807) is 0 Å². The Balaban J connectivity index is 1.36. The topological polar surface area (TPSA) is 56.8 Å². The number of likely N-dealkylation sites (N-methyl/N-ethyl adjacent to an activating group) is 1. The molecule has 4 aliphatic carbocycles. The fourth-order valence-corrected chi connectivity index (χ4v) is 7.48. The lowest BCUT2D eigenvalue weighted by atomic mass is 9.43. The van der Waals surface area contributed by atoms with Crippen LogP contribution < -0.4 is 5.32 Å². The second-order valence-corrected chi connectivity index (χ2v) is 10.9. The van der Waals surface area contributed by atoms with Gasteiger partial charge in [-0.15, -0.1) is 0 Å². The van der Waals surface area contributed by atoms with E-state index in [1.165, 1.54) is 13.5 Å². The normalized spacial score (nSPS) is 45.0. The average Bonchev–Trinajstić information content (AvgIpc) is 3.18. The van der Waals surface area contributed by atoms with Gasteiger partial charge < -0.3 is 19.4 Å². The molecule has 4 saturated carbocycles. The van der Waals surface area contributed by atoms with Gasteiger partial charge in [0, 0.05) is 0 Å². The van der Waals surface area contributed by atoms with Gasteiger partial charge in [0.2, 0.25) is 0 Å². The zero-order valence-electron chi connectivity index (χ0n) is 19.3. The van der Waals surface area contributed by atoms with Crippen molar-refractivity contribution >= 4 is 13.1 Å². The zero-order chi connectivity index (χ0) is 21.0. The largest absolute Gasteiger partial charge is 0.468 e. The van der Waals surface area contributed by atoms with Gasteiger partial charge in [-0.05, 0) is 81.0 Å². The van der Waals surface area contributed by atoms with Crippen LogP contribution in [0.3, 0.4) is 0 Å².